The van der Waals surface area contributed by atoms with E-state index in [4.69, 9.17) is 4.74 Å². The first-order valence-corrected chi connectivity index (χ1v) is 14.5. The number of hydrogen-bond acceptors (Lipinski definition) is 5. The third-order valence-electron chi connectivity index (χ3n) is 7.84. The SMILES string of the molecule is Cc1ccccc1[C@H]1c2ccsc2CCN1[C@H](C)C(=O)N1CCCN(C(=O)COCc2ccccc2)CC1. The van der Waals surface area contributed by atoms with Crippen molar-refractivity contribution >= 4 is 23.2 Å². The van der Waals surface area contributed by atoms with Gasteiger partial charge in [0.1, 0.15) is 6.61 Å². The molecule has 2 atom stereocenters. The van der Waals surface area contributed by atoms with Crippen LogP contribution in [0.25, 0.3) is 0 Å². The summed E-state index contributed by atoms with van der Waals surface area (Å²) in [6.45, 7) is 7.98. The number of amides is 2. The molecule has 3 aromatic rings. The second kappa shape index (κ2) is 12.2. The van der Waals surface area contributed by atoms with Crippen LogP contribution in [0.4, 0.5) is 0 Å². The summed E-state index contributed by atoms with van der Waals surface area (Å²) >= 11 is 1.82. The van der Waals surface area contributed by atoms with Crippen molar-refractivity contribution in [2.24, 2.45) is 0 Å². The number of benzene rings is 2. The maximum Gasteiger partial charge on any atom is 0.248 e. The third-order valence-corrected chi connectivity index (χ3v) is 8.83. The van der Waals surface area contributed by atoms with E-state index in [-0.39, 0.29) is 30.5 Å². The Morgan fingerprint density at radius 3 is 2.47 bits per heavy atom. The summed E-state index contributed by atoms with van der Waals surface area (Å²) in [5.74, 6) is 0.140. The summed E-state index contributed by atoms with van der Waals surface area (Å²) in [5, 5.41) is 2.18. The normalized spacial score (nSPS) is 19.1. The molecule has 5 rings (SSSR count). The molecule has 6 nitrogen and oxygen atoms in total. The van der Waals surface area contributed by atoms with Crippen molar-refractivity contribution < 1.29 is 14.3 Å². The zero-order valence-corrected chi connectivity index (χ0v) is 23.2. The standard InChI is InChI=1S/C31H37N3O3S/c1-23-9-6-7-12-26(23)30-27-14-20-38-28(27)13-17-34(30)24(2)31(36)33-16-8-15-32(18-19-33)29(35)22-37-21-25-10-4-3-5-11-25/h3-7,9-12,14,20,24,30H,8,13,15-19,21-22H2,1-2H3/t24-,30+/m1/s1. The molecule has 0 saturated carbocycles. The van der Waals surface area contributed by atoms with Crippen LogP contribution in [-0.4, -0.2) is 71.9 Å². The minimum atomic E-state index is -0.246. The van der Waals surface area contributed by atoms with E-state index in [1.54, 1.807) is 0 Å². The Morgan fingerprint density at radius 2 is 1.66 bits per heavy atom. The molecule has 2 amide bonds. The highest BCUT2D eigenvalue weighted by Gasteiger charge is 2.37. The monoisotopic (exact) mass is 531 g/mol. The lowest BCUT2D eigenvalue weighted by molar-refractivity contribution is -0.139. The molecule has 1 saturated heterocycles. The van der Waals surface area contributed by atoms with Crippen molar-refractivity contribution in [1.82, 2.24) is 14.7 Å². The summed E-state index contributed by atoms with van der Waals surface area (Å²) in [6, 6.07) is 20.5. The van der Waals surface area contributed by atoms with Crippen LogP contribution in [0, 0.1) is 6.92 Å². The summed E-state index contributed by atoms with van der Waals surface area (Å²) in [7, 11) is 0. The van der Waals surface area contributed by atoms with E-state index in [0.29, 0.717) is 32.8 Å². The minimum absolute atomic E-state index is 0.0103. The Labute approximate surface area is 229 Å². The summed E-state index contributed by atoms with van der Waals surface area (Å²) < 4.78 is 5.68. The van der Waals surface area contributed by atoms with Crippen LogP contribution in [0.5, 0.6) is 0 Å². The van der Waals surface area contributed by atoms with Crippen molar-refractivity contribution in [1.29, 1.82) is 0 Å². The molecule has 1 fully saturated rings. The zero-order chi connectivity index (χ0) is 26.5. The van der Waals surface area contributed by atoms with Gasteiger partial charge in [-0.25, -0.2) is 0 Å². The van der Waals surface area contributed by atoms with Gasteiger partial charge in [-0.1, -0.05) is 54.6 Å². The molecular formula is C31H37N3O3S. The van der Waals surface area contributed by atoms with E-state index >= 15 is 0 Å². The lowest BCUT2D eigenvalue weighted by Gasteiger charge is -2.41. The van der Waals surface area contributed by atoms with Crippen molar-refractivity contribution in [3.05, 3.63) is 93.2 Å². The van der Waals surface area contributed by atoms with Crippen LogP contribution >= 0.6 is 11.3 Å². The molecule has 2 aliphatic heterocycles. The molecule has 7 heteroatoms. The summed E-state index contributed by atoms with van der Waals surface area (Å²) in [5.41, 5.74) is 4.91. The molecule has 200 valence electrons. The lowest BCUT2D eigenvalue weighted by Crippen LogP contribution is -2.51. The second-order valence-electron chi connectivity index (χ2n) is 10.3. The van der Waals surface area contributed by atoms with Gasteiger partial charge in [-0.05, 0) is 60.4 Å². The maximum absolute atomic E-state index is 13.8. The Balaban J connectivity index is 1.22. The van der Waals surface area contributed by atoms with Gasteiger partial charge < -0.3 is 14.5 Å². The fourth-order valence-corrected chi connectivity index (χ4v) is 6.61. The highest BCUT2D eigenvalue weighted by molar-refractivity contribution is 7.10. The Kier molecular flexibility index (Phi) is 8.57. The predicted octanol–water partition coefficient (Wildman–Crippen LogP) is 4.67. The number of carbonyl (C=O) groups excluding carboxylic acids is 2. The molecule has 0 aliphatic carbocycles. The summed E-state index contributed by atoms with van der Waals surface area (Å²) in [4.78, 5) is 34.2. The van der Waals surface area contributed by atoms with Crippen LogP contribution in [-0.2, 0) is 27.4 Å². The Morgan fingerprint density at radius 1 is 0.921 bits per heavy atom. The van der Waals surface area contributed by atoms with E-state index in [9.17, 15) is 9.59 Å². The highest BCUT2D eigenvalue weighted by atomic mass is 32.1. The van der Waals surface area contributed by atoms with Gasteiger partial charge in [0.2, 0.25) is 11.8 Å². The molecule has 2 aromatic carbocycles. The molecule has 0 radical (unpaired) electrons. The van der Waals surface area contributed by atoms with Gasteiger partial charge in [-0.2, -0.15) is 0 Å². The van der Waals surface area contributed by atoms with E-state index in [2.05, 4.69) is 54.5 Å². The quantitative estimate of drug-likeness (QED) is 0.445. The minimum Gasteiger partial charge on any atom is -0.367 e. The van der Waals surface area contributed by atoms with Gasteiger partial charge in [0.25, 0.3) is 0 Å². The Bertz CT molecular complexity index is 1240. The molecule has 0 unspecified atom stereocenters. The van der Waals surface area contributed by atoms with Crippen LogP contribution in [0.3, 0.4) is 0 Å². The molecule has 3 heterocycles. The molecule has 0 spiro atoms. The van der Waals surface area contributed by atoms with Crippen molar-refractivity contribution in [3.63, 3.8) is 0 Å². The van der Waals surface area contributed by atoms with Crippen molar-refractivity contribution in [2.75, 3.05) is 39.3 Å². The third kappa shape index (κ3) is 5.85. The molecule has 2 aliphatic rings. The number of rotatable bonds is 7. The van der Waals surface area contributed by atoms with Gasteiger partial charge in [0.15, 0.2) is 0 Å². The van der Waals surface area contributed by atoms with Crippen LogP contribution in [0.15, 0.2) is 66.0 Å². The van der Waals surface area contributed by atoms with Gasteiger partial charge >= 0.3 is 0 Å². The fraction of sp³-hybridized carbons (Fsp3) is 0.419. The highest BCUT2D eigenvalue weighted by Crippen LogP contribution is 2.40. The Hall–Kier alpha value is -3.00. The molecule has 0 N–H and O–H groups in total. The number of aryl methyl sites for hydroxylation is 1. The molecule has 38 heavy (non-hydrogen) atoms. The summed E-state index contributed by atoms with van der Waals surface area (Å²) in [6.07, 6.45) is 1.75. The first-order valence-electron chi connectivity index (χ1n) is 13.6. The van der Waals surface area contributed by atoms with E-state index in [0.717, 1.165) is 24.9 Å². The van der Waals surface area contributed by atoms with Crippen LogP contribution < -0.4 is 0 Å². The molecule has 1 aromatic heterocycles. The number of hydrogen-bond donors (Lipinski definition) is 0. The number of fused-ring (bicyclic) bond motifs is 1. The number of ether oxygens (including phenoxy) is 1. The first kappa shape index (κ1) is 26.6. The van der Waals surface area contributed by atoms with Gasteiger partial charge in [0.05, 0.1) is 18.7 Å². The van der Waals surface area contributed by atoms with Gasteiger partial charge in [0, 0.05) is 37.6 Å². The van der Waals surface area contributed by atoms with E-state index in [1.807, 2.05) is 51.5 Å². The topological polar surface area (TPSA) is 53.1 Å². The predicted molar refractivity (Wildman–Crippen MR) is 151 cm³/mol. The number of nitrogens with zero attached hydrogens (tertiary/aromatic N) is 3. The van der Waals surface area contributed by atoms with Gasteiger partial charge in [-0.15, -0.1) is 11.3 Å². The fourth-order valence-electron chi connectivity index (χ4n) is 5.71. The van der Waals surface area contributed by atoms with Crippen molar-refractivity contribution in [2.45, 2.75) is 45.4 Å². The largest absolute Gasteiger partial charge is 0.367 e. The molecular weight excluding hydrogens is 494 g/mol. The first-order chi connectivity index (χ1) is 18.5. The van der Waals surface area contributed by atoms with Gasteiger partial charge in [-0.3, -0.25) is 14.5 Å². The second-order valence-corrected chi connectivity index (χ2v) is 11.3. The lowest BCUT2D eigenvalue weighted by atomic mass is 9.89. The smallest absolute Gasteiger partial charge is 0.248 e. The number of carbonyl (C=O) groups is 2. The van der Waals surface area contributed by atoms with Crippen LogP contribution in [0.1, 0.15) is 46.5 Å². The molecule has 0 bridgehead atoms. The zero-order valence-electron chi connectivity index (χ0n) is 22.3. The number of thiophene rings is 1. The van der Waals surface area contributed by atoms with Crippen molar-refractivity contribution in [3.8, 4) is 0 Å². The average molecular weight is 532 g/mol. The maximum atomic E-state index is 13.8. The average Bonchev–Trinajstić information content (AvgIpc) is 3.28. The van der Waals surface area contributed by atoms with Crippen LogP contribution in [0.2, 0.25) is 0 Å². The van der Waals surface area contributed by atoms with E-state index in [1.165, 1.54) is 21.6 Å². The van der Waals surface area contributed by atoms with E-state index < -0.39 is 0 Å².